The third-order valence-corrected chi connectivity index (χ3v) is 7.49. The number of hydrogen-bond acceptors (Lipinski definition) is 6. The number of carbonyl (C=O) groups is 1. The van der Waals surface area contributed by atoms with Gasteiger partial charge >= 0.3 is 0 Å². The standard InChI is InChI=1S/C22H19FN2O4S2/c1-29-18-4-2-3-16(11-18)12-24-13-20-21(26)22-19(9-10-30-22)25(31(20,27)28)14-15-5-7-17(23)8-6-15/h2-11,13,24H,12,14H2,1H3/b20-13-. The second-order valence-electron chi connectivity index (χ2n) is 6.84. The zero-order chi connectivity index (χ0) is 22.0. The lowest BCUT2D eigenvalue weighted by atomic mass is 10.2. The predicted molar refractivity (Wildman–Crippen MR) is 118 cm³/mol. The molecule has 160 valence electrons. The lowest BCUT2D eigenvalue weighted by Crippen LogP contribution is -2.38. The highest BCUT2D eigenvalue weighted by Gasteiger charge is 2.41. The number of ether oxygens (including phenoxy) is 1. The first kappa shape index (κ1) is 21.1. The van der Waals surface area contributed by atoms with Crippen molar-refractivity contribution in [1.82, 2.24) is 5.32 Å². The molecule has 2 heterocycles. The first-order chi connectivity index (χ1) is 14.9. The number of rotatable bonds is 6. The van der Waals surface area contributed by atoms with Crippen molar-refractivity contribution in [1.29, 1.82) is 0 Å². The number of allylic oxidation sites excluding steroid dienone is 1. The topological polar surface area (TPSA) is 75.7 Å². The summed E-state index contributed by atoms with van der Waals surface area (Å²) in [5, 5.41) is 4.62. The van der Waals surface area contributed by atoms with E-state index in [9.17, 15) is 17.6 Å². The van der Waals surface area contributed by atoms with Gasteiger partial charge in [-0.15, -0.1) is 11.3 Å². The number of sulfonamides is 1. The van der Waals surface area contributed by atoms with Crippen LogP contribution in [0.3, 0.4) is 0 Å². The number of Topliss-reactive ketones (excluding diaryl/α,β-unsaturated/α-hetero) is 1. The van der Waals surface area contributed by atoms with Gasteiger partial charge in [0.05, 0.1) is 19.3 Å². The Balaban J connectivity index is 1.64. The van der Waals surface area contributed by atoms with Crippen LogP contribution >= 0.6 is 11.3 Å². The highest BCUT2D eigenvalue weighted by molar-refractivity contribution is 7.97. The van der Waals surface area contributed by atoms with Crippen LogP contribution in [0.25, 0.3) is 0 Å². The van der Waals surface area contributed by atoms with Crippen molar-refractivity contribution >= 4 is 32.8 Å². The van der Waals surface area contributed by atoms with Crippen molar-refractivity contribution in [2.45, 2.75) is 13.1 Å². The van der Waals surface area contributed by atoms with Gasteiger partial charge in [-0.05, 0) is 46.8 Å². The molecule has 6 nitrogen and oxygen atoms in total. The second-order valence-corrected chi connectivity index (χ2v) is 9.59. The quantitative estimate of drug-likeness (QED) is 0.564. The summed E-state index contributed by atoms with van der Waals surface area (Å²) in [7, 11) is -2.54. The molecule has 1 aliphatic heterocycles. The Morgan fingerprint density at radius 1 is 1.13 bits per heavy atom. The number of thiophene rings is 1. The summed E-state index contributed by atoms with van der Waals surface area (Å²) in [4.78, 5) is 12.9. The van der Waals surface area contributed by atoms with Crippen LogP contribution in [0, 0.1) is 5.82 Å². The molecule has 0 unspecified atom stereocenters. The van der Waals surface area contributed by atoms with E-state index in [1.807, 2.05) is 24.3 Å². The fraction of sp³-hybridized carbons (Fsp3) is 0.136. The van der Waals surface area contributed by atoms with Crippen LogP contribution in [0.1, 0.15) is 20.8 Å². The number of nitrogens with zero attached hydrogens (tertiary/aromatic N) is 1. The number of fused-ring (bicyclic) bond motifs is 1. The van der Waals surface area contributed by atoms with Crippen LogP contribution in [-0.2, 0) is 23.1 Å². The van der Waals surface area contributed by atoms with Gasteiger partial charge in [-0.1, -0.05) is 24.3 Å². The molecular formula is C22H19FN2O4S2. The summed E-state index contributed by atoms with van der Waals surface area (Å²) >= 11 is 1.19. The van der Waals surface area contributed by atoms with Gasteiger partial charge in [0.1, 0.15) is 16.4 Å². The Morgan fingerprint density at radius 3 is 2.65 bits per heavy atom. The molecule has 0 fully saturated rings. The molecule has 0 saturated heterocycles. The molecule has 2 aromatic carbocycles. The van der Waals surface area contributed by atoms with Gasteiger partial charge in [0.25, 0.3) is 10.0 Å². The number of anilines is 1. The van der Waals surface area contributed by atoms with E-state index in [4.69, 9.17) is 4.74 Å². The maximum atomic E-state index is 13.3. The van der Waals surface area contributed by atoms with Crippen LogP contribution in [0.15, 0.2) is 71.1 Å². The highest BCUT2D eigenvalue weighted by atomic mass is 32.2. The highest BCUT2D eigenvalue weighted by Crippen LogP contribution is 2.39. The average molecular weight is 459 g/mol. The molecule has 0 radical (unpaired) electrons. The van der Waals surface area contributed by atoms with Crippen molar-refractivity contribution in [2.75, 3.05) is 11.4 Å². The first-order valence-corrected chi connectivity index (χ1v) is 11.7. The van der Waals surface area contributed by atoms with Crippen LogP contribution in [0.2, 0.25) is 0 Å². The molecule has 0 amide bonds. The molecule has 1 aromatic heterocycles. The molecule has 1 aliphatic rings. The predicted octanol–water partition coefficient (Wildman–Crippen LogP) is 4.06. The maximum Gasteiger partial charge on any atom is 0.270 e. The molecular weight excluding hydrogens is 439 g/mol. The number of ketones is 1. The molecule has 31 heavy (non-hydrogen) atoms. The molecule has 0 atom stereocenters. The summed E-state index contributed by atoms with van der Waals surface area (Å²) in [5.41, 5.74) is 1.82. The van der Waals surface area contributed by atoms with E-state index in [1.54, 1.807) is 18.6 Å². The van der Waals surface area contributed by atoms with Crippen LogP contribution in [0.4, 0.5) is 10.1 Å². The summed E-state index contributed by atoms with van der Waals surface area (Å²) < 4.78 is 46.2. The van der Waals surface area contributed by atoms with E-state index in [0.29, 0.717) is 28.4 Å². The molecule has 4 rings (SSSR count). The molecule has 0 bridgehead atoms. The number of carbonyl (C=O) groups excluding carboxylic acids is 1. The van der Waals surface area contributed by atoms with Crippen molar-refractivity contribution in [3.63, 3.8) is 0 Å². The summed E-state index contributed by atoms with van der Waals surface area (Å²) in [5.74, 6) is -0.264. The Hall–Kier alpha value is -3.17. The number of nitrogens with one attached hydrogen (secondary N) is 1. The lowest BCUT2D eigenvalue weighted by Gasteiger charge is -2.29. The molecule has 1 N–H and O–H groups in total. The van der Waals surface area contributed by atoms with Crippen LogP contribution in [-0.4, -0.2) is 21.3 Å². The van der Waals surface area contributed by atoms with E-state index < -0.39 is 21.6 Å². The number of hydrogen-bond donors (Lipinski definition) is 1. The minimum Gasteiger partial charge on any atom is -0.497 e. The zero-order valence-corrected chi connectivity index (χ0v) is 18.2. The minimum absolute atomic E-state index is 0.00709. The smallest absolute Gasteiger partial charge is 0.270 e. The minimum atomic E-state index is -4.10. The van der Waals surface area contributed by atoms with E-state index in [0.717, 1.165) is 5.56 Å². The summed E-state index contributed by atoms with van der Waals surface area (Å²) in [6.07, 6.45) is 1.25. The monoisotopic (exact) mass is 458 g/mol. The molecule has 9 heteroatoms. The second kappa shape index (κ2) is 8.52. The third-order valence-electron chi connectivity index (χ3n) is 4.82. The van der Waals surface area contributed by atoms with Gasteiger partial charge in [-0.2, -0.15) is 0 Å². The fourth-order valence-corrected chi connectivity index (χ4v) is 5.76. The first-order valence-electron chi connectivity index (χ1n) is 9.36. The largest absolute Gasteiger partial charge is 0.497 e. The van der Waals surface area contributed by atoms with Gasteiger partial charge in [-0.3, -0.25) is 9.10 Å². The van der Waals surface area contributed by atoms with Gasteiger partial charge in [-0.25, -0.2) is 12.8 Å². The van der Waals surface area contributed by atoms with Crippen molar-refractivity contribution in [2.24, 2.45) is 0 Å². The summed E-state index contributed by atoms with van der Waals surface area (Å²) in [6.45, 7) is 0.311. The SMILES string of the molecule is COc1cccc(CN/C=C2/C(=O)c3sccc3N(Cc3ccc(F)cc3)S2(=O)=O)c1. The molecule has 0 spiro atoms. The lowest BCUT2D eigenvalue weighted by molar-refractivity contribution is 0.104. The Morgan fingerprint density at radius 2 is 1.90 bits per heavy atom. The summed E-state index contributed by atoms with van der Waals surface area (Å²) in [6, 6.07) is 14.5. The van der Waals surface area contributed by atoms with E-state index in [-0.39, 0.29) is 11.4 Å². The van der Waals surface area contributed by atoms with Crippen LogP contribution in [0.5, 0.6) is 5.75 Å². The molecule has 3 aromatic rings. The Bertz CT molecular complexity index is 1250. The Kier molecular flexibility index (Phi) is 5.79. The molecule has 0 saturated carbocycles. The maximum absolute atomic E-state index is 13.3. The van der Waals surface area contributed by atoms with Gasteiger partial charge < -0.3 is 10.1 Å². The Labute approximate surface area is 183 Å². The van der Waals surface area contributed by atoms with Crippen molar-refractivity contribution in [3.05, 3.63) is 92.9 Å². The number of methoxy groups -OCH3 is 1. The van der Waals surface area contributed by atoms with E-state index in [2.05, 4.69) is 5.32 Å². The number of benzene rings is 2. The number of halogens is 1. The van der Waals surface area contributed by atoms with Crippen LogP contribution < -0.4 is 14.4 Å². The van der Waals surface area contributed by atoms with Gasteiger partial charge in [0, 0.05) is 12.7 Å². The van der Waals surface area contributed by atoms with E-state index >= 15 is 0 Å². The molecule has 0 aliphatic carbocycles. The zero-order valence-electron chi connectivity index (χ0n) is 16.5. The average Bonchev–Trinajstić information content (AvgIpc) is 3.25. The van der Waals surface area contributed by atoms with Gasteiger partial charge in [0.15, 0.2) is 4.91 Å². The van der Waals surface area contributed by atoms with E-state index in [1.165, 1.54) is 46.1 Å². The van der Waals surface area contributed by atoms with Gasteiger partial charge in [0.2, 0.25) is 5.78 Å². The third kappa shape index (κ3) is 4.19. The fourth-order valence-electron chi connectivity index (χ4n) is 3.26. The normalized spacial score (nSPS) is 16.3. The van der Waals surface area contributed by atoms with Crippen molar-refractivity contribution in [3.8, 4) is 5.75 Å². The van der Waals surface area contributed by atoms with Crippen molar-refractivity contribution < 1.29 is 22.3 Å².